The van der Waals surface area contributed by atoms with Crippen LogP contribution in [0.4, 0.5) is 0 Å². The second-order valence-corrected chi connectivity index (χ2v) is 16.5. The molecule has 0 radical (unpaired) electrons. The molecular formula is C53H56N4O9. The smallest absolute Gasteiger partial charge is 0.314 e. The van der Waals surface area contributed by atoms with Crippen LogP contribution in [0.1, 0.15) is 83.5 Å². The van der Waals surface area contributed by atoms with Gasteiger partial charge in [-0.2, -0.15) is 0 Å². The molecule has 2 saturated heterocycles. The maximum Gasteiger partial charge on any atom is 0.314 e. The van der Waals surface area contributed by atoms with Gasteiger partial charge in [0.15, 0.2) is 23.7 Å². The van der Waals surface area contributed by atoms with Gasteiger partial charge in [-0.05, 0) is 104 Å². The number of hydrogen-bond acceptors (Lipinski definition) is 11. The summed E-state index contributed by atoms with van der Waals surface area (Å²) in [5.74, 6) is 0.958. The number of benzene rings is 4. The molecule has 66 heavy (non-hydrogen) atoms. The van der Waals surface area contributed by atoms with E-state index in [4.69, 9.17) is 18.9 Å². The molecular weight excluding hydrogens is 837 g/mol. The van der Waals surface area contributed by atoms with Gasteiger partial charge in [-0.15, -0.1) is 0 Å². The molecule has 0 unspecified atom stereocenters. The topological polar surface area (TPSA) is 170 Å². The summed E-state index contributed by atoms with van der Waals surface area (Å²) in [4.78, 5) is 44.9. The van der Waals surface area contributed by atoms with Gasteiger partial charge in [-0.1, -0.05) is 117 Å². The van der Waals surface area contributed by atoms with Crippen LogP contribution in [-0.2, 0) is 27.0 Å². The van der Waals surface area contributed by atoms with Gasteiger partial charge >= 0.3 is 11.9 Å². The highest BCUT2D eigenvalue weighted by atomic mass is 16.6. The largest absolute Gasteiger partial charge is 0.484 e. The van der Waals surface area contributed by atoms with Crippen molar-refractivity contribution in [2.24, 2.45) is 0 Å². The molecule has 0 spiro atoms. The molecule has 10 rings (SSSR count). The van der Waals surface area contributed by atoms with Crippen LogP contribution in [0.2, 0.25) is 0 Å². The zero-order valence-electron chi connectivity index (χ0n) is 36.0. The Bertz CT molecular complexity index is 2510. The Morgan fingerprint density at radius 2 is 1.08 bits per heavy atom. The number of aliphatic carboxylic acids is 2. The van der Waals surface area contributed by atoms with Crippen molar-refractivity contribution in [3.05, 3.63) is 179 Å². The number of carbonyl (C=O) groups excluding carboxylic acids is 1. The number of likely N-dealkylation sites (tertiary alicyclic amines) is 1. The van der Waals surface area contributed by atoms with Crippen LogP contribution in [0, 0.1) is 0 Å². The van der Waals surface area contributed by atoms with Crippen LogP contribution in [-0.4, -0.2) is 82.7 Å². The Labute approximate surface area is 385 Å². The van der Waals surface area contributed by atoms with Crippen LogP contribution in [0.25, 0.3) is 0 Å². The summed E-state index contributed by atoms with van der Waals surface area (Å²) in [6.45, 7) is 4.77. The van der Waals surface area contributed by atoms with Crippen molar-refractivity contribution in [2.75, 3.05) is 39.4 Å². The molecule has 4 aliphatic heterocycles. The summed E-state index contributed by atoms with van der Waals surface area (Å²) < 4.78 is 23.1. The van der Waals surface area contributed by atoms with E-state index in [9.17, 15) is 24.6 Å². The molecule has 13 heteroatoms. The van der Waals surface area contributed by atoms with Gasteiger partial charge in [0.25, 0.3) is 11.8 Å². The third-order valence-electron chi connectivity index (χ3n) is 12.6. The monoisotopic (exact) mass is 892 g/mol. The number of nitrogens with zero attached hydrogens (tertiary/aromatic N) is 3. The third kappa shape index (κ3) is 10.7. The molecule has 2 atom stereocenters. The predicted octanol–water partition coefficient (Wildman–Crippen LogP) is 8.65. The second kappa shape index (κ2) is 21.7. The maximum absolute atomic E-state index is 12.2. The molecule has 4 aromatic carbocycles. The van der Waals surface area contributed by atoms with Gasteiger partial charge in [0, 0.05) is 24.5 Å². The quantitative estimate of drug-likeness (QED) is 0.118. The Morgan fingerprint density at radius 3 is 1.53 bits per heavy atom. The lowest BCUT2D eigenvalue weighted by atomic mass is 9.73. The molecule has 0 aliphatic carbocycles. The van der Waals surface area contributed by atoms with Gasteiger partial charge < -0.3 is 34.5 Å². The minimum atomic E-state index is -0.787. The number of pyridine rings is 2. The molecule has 13 nitrogen and oxygen atoms in total. The van der Waals surface area contributed by atoms with Crippen molar-refractivity contribution in [3.63, 3.8) is 0 Å². The van der Waals surface area contributed by atoms with E-state index in [0.717, 1.165) is 61.3 Å². The lowest BCUT2D eigenvalue weighted by Gasteiger charge is -2.39. The fourth-order valence-electron chi connectivity index (χ4n) is 8.74. The van der Waals surface area contributed by atoms with Gasteiger partial charge in [-0.25, -0.2) is 9.97 Å². The summed E-state index contributed by atoms with van der Waals surface area (Å²) in [6.07, 6.45) is 6.39. The van der Waals surface area contributed by atoms with Crippen molar-refractivity contribution < 1.29 is 43.5 Å². The standard InChI is InChI=1S/C26H26N2O4.C14H11NO3.C12H15NO2.CH4/c29-25(30)26(21-5-2-1-3-6-21)12-15-28(16-13-26)17-19-8-10-20(11-9-19)23-18-31-22-7-4-14-27-24(22)32-23;16-8-10-3-5-11(6-4-10)13-9-17-12-2-1-7-15-14(12)18-13;14-11(15)12(6-8-13-9-7-12)10-4-2-1-3-5-10;/h1-11,14,23H,12-13,15-18H2,(H,29,30);1-8,13H,9H2;1-5,13H,6-9H2,(H,14,15);1H4/t23-;13-;;/m11../s1. The molecule has 0 bridgehead atoms. The first-order valence-electron chi connectivity index (χ1n) is 21.9. The Kier molecular flexibility index (Phi) is 15.4. The molecule has 0 saturated carbocycles. The van der Waals surface area contributed by atoms with Crippen LogP contribution in [0.15, 0.2) is 146 Å². The summed E-state index contributed by atoms with van der Waals surface area (Å²) in [5, 5.41) is 22.6. The minimum Gasteiger partial charge on any atom is -0.484 e. The number of hydrogen-bond donors (Lipinski definition) is 3. The molecule has 0 amide bonds. The number of carbonyl (C=O) groups is 3. The highest BCUT2D eigenvalue weighted by molar-refractivity contribution is 5.82. The van der Waals surface area contributed by atoms with E-state index in [0.29, 0.717) is 67.7 Å². The van der Waals surface area contributed by atoms with E-state index >= 15 is 0 Å². The lowest BCUT2D eigenvalue weighted by Crippen LogP contribution is -2.47. The summed E-state index contributed by atoms with van der Waals surface area (Å²) in [7, 11) is 0. The fraction of sp³-hybridized carbons (Fsp3) is 0.302. The van der Waals surface area contributed by atoms with Crippen LogP contribution in [0.5, 0.6) is 23.3 Å². The van der Waals surface area contributed by atoms with E-state index in [1.54, 1.807) is 30.6 Å². The number of nitrogens with one attached hydrogen (secondary N) is 1. The Balaban J connectivity index is 0.000000161. The Morgan fingerprint density at radius 1 is 0.621 bits per heavy atom. The number of carboxylic acid groups (broad SMARTS) is 2. The molecule has 3 N–H and O–H groups in total. The average molecular weight is 893 g/mol. The van der Waals surface area contributed by atoms with Gasteiger partial charge in [0.1, 0.15) is 19.5 Å². The number of ether oxygens (including phenoxy) is 4. The van der Waals surface area contributed by atoms with E-state index in [2.05, 4.69) is 44.5 Å². The number of aldehydes is 1. The first kappa shape index (κ1) is 46.9. The third-order valence-corrected chi connectivity index (χ3v) is 12.6. The van der Waals surface area contributed by atoms with Crippen molar-refractivity contribution in [3.8, 4) is 23.3 Å². The van der Waals surface area contributed by atoms with Gasteiger partial charge in [0.2, 0.25) is 0 Å². The lowest BCUT2D eigenvalue weighted by molar-refractivity contribution is -0.146. The molecule has 2 fully saturated rings. The van der Waals surface area contributed by atoms with E-state index in [-0.39, 0.29) is 19.6 Å². The zero-order chi connectivity index (χ0) is 45.1. The Hall–Kier alpha value is -7.09. The molecule has 6 heterocycles. The van der Waals surface area contributed by atoms with Crippen molar-refractivity contribution in [2.45, 2.75) is 62.7 Å². The van der Waals surface area contributed by atoms with E-state index < -0.39 is 22.8 Å². The van der Waals surface area contributed by atoms with Crippen LogP contribution < -0.4 is 24.3 Å². The zero-order valence-corrected chi connectivity index (χ0v) is 36.0. The average Bonchev–Trinajstić information content (AvgIpc) is 3.37. The summed E-state index contributed by atoms with van der Waals surface area (Å²) >= 11 is 0. The SMILES string of the molecule is C.O=C(O)C1(c2ccccc2)CCN(Cc2ccc([C@H]3COc4cccnc4O3)cc2)CC1.O=C(O)C1(c2ccccc2)CCNCC1.O=Cc1ccc([C@H]2COc3cccnc3O2)cc1. The van der Waals surface area contributed by atoms with Crippen molar-refractivity contribution >= 4 is 18.2 Å². The highest BCUT2D eigenvalue weighted by Crippen LogP contribution is 2.38. The van der Waals surface area contributed by atoms with Gasteiger partial charge in [0.05, 0.1) is 10.8 Å². The normalized spacial score (nSPS) is 18.8. The van der Waals surface area contributed by atoms with Crippen LogP contribution in [0.3, 0.4) is 0 Å². The number of fused-ring (bicyclic) bond motifs is 2. The molecule has 4 aliphatic rings. The van der Waals surface area contributed by atoms with Crippen LogP contribution >= 0.6 is 0 Å². The molecule has 6 aromatic rings. The number of aromatic nitrogens is 2. The number of carboxylic acids is 2. The van der Waals surface area contributed by atoms with E-state index in [1.165, 1.54) is 5.56 Å². The molecule has 2 aromatic heterocycles. The van der Waals surface area contributed by atoms with E-state index in [1.807, 2.05) is 91.0 Å². The fourth-order valence-corrected chi connectivity index (χ4v) is 8.74. The summed E-state index contributed by atoms with van der Waals surface area (Å²) in [6, 6.07) is 42.2. The first-order valence-corrected chi connectivity index (χ1v) is 21.9. The molecule has 342 valence electrons. The predicted molar refractivity (Wildman–Crippen MR) is 249 cm³/mol. The number of piperidine rings is 2. The summed E-state index contributed by atoms with van der Waals surface area (Å²) in [5.41, 5.74) is 4.24. The second-order valence-electron chi connectivity index (χ2n) is 16.5. The first-order chi connectivity index (χ1) is 31.8. The minimum absolute atomic E-state index is 0. The highest BCUT2D eigenvalue weighted by Gasteiger charge is 2.43. The van der Waals surface area contributed by atoms with Gasteiger partial charge in [-0.3, -0.25) is 19.3 Å². The maximum atomic E-state index is 12.2. The van der Waals surface area contributed by atoms with Crippen molar-refractivity contribution in [1.29, 1.82) is 0 Å². The van der Waals surface area contributed by atoms with Crippen molar-refractivity contribution in [1.82, 2.24) is 20.2 Å². The number of rotatable bonds is 9.